The highest BCUT2D eigenvalue weighted by Gasteiger charge is 2.07. The number of hydrogen-bond donors (Lipinski definition) is 2. The maximum Gasteiger partial charge on any atom is 0.125 e. The molecule has 0 saturated carbocycles. The molecule has 2 nitrogen and oxygen atoms in total. The first-order valence-electron chi connectivity index (χ1n) is 4.52. The van der Waals surface area contributed by atoms with Crippen LogP contribution in [0.4, 0.5) is 5.69 Å². The second-order valence-electron chi connectivity index (χ2n) is 3.26. The van der Waals surface area contributed by atoms with Gasteiger partial charge in [-0.25, -0.2) is 0 Å². The van der Waals surface area contributed by atoms with E-state index < -0.39 is 0 Å². The molecular formula is C12H10ClNO. The van der Waals surface area contributed by atoms with Crippen LogP contribution in [0.5, 0.6) is 5.75 Å². The Bertz CT molecular complexity index is 497. The van der Waals surface area contributed by atoms with Gasteiger partial charge in [-0.2, -0.15) is 0 Å². The molecule has 0 bridgehead atoms. The number of hydrogen-bond acceptors (Lipinski definition) is 2. The minimum absolute atomic E-state index is 0.142. The standard InChI is InChI=1S/C12H10ClNO/c13-11-4-2-1-3-9(11)10-6-5-8(14)7-12(10)15/h1-7,15H,14H2. The van der Waals surface area contributed by atoms with Crippen molar-refractivity contribution >= 4 is 17.3 Å². The van der Waals surface area contributed by atoms with Gasteiger partial charge in [0.25, 0.3) is 0 Å². The Balaban J connectivity index is 2.60. The molecule has 15 heavy (non-hydrogen) atoms. The van der Waals surface area contributed by atoms with E-state index in [1.54, 1.807) is 18.2 Å². The zero-order chi connectivity index (χ0) is 10.8. The fraction of sp³-hybridized carbons (Fsp3) is 0. The molecule has 2 aromatic rings. The summed E-state index contributed by atoms with van der Waals surface area (Å²) < 4.78 is 0. The Kier molecular flexibility index (Phi) is 2.52. The number of nitrogens with two attached hydrogens (primary N) is 1. The molecule has 0 radical (unpaired) electrons. The van der Waals surface area contributed by atoms with E-state index in [0.717, 1.165) is 5.56 Å². The first-order valence-corrected chi connectivity index (χ1v) is 4.89. The summed E-state index contributed by atoms with van der Waals surface area (Å²) in [6, 6.07) is 12.4. The molecule has 0 aliphatic heterocycles. The van der Waals surface area contributed by atoms with Crippen molar-refractivity contribution in [3.05, 3.63) is 47.5 Å². The highest BCUT2D eigenvalue weighted by Crippen LogP contribution is 2.34. The Hall–Kier alpha value is -1.67. The van der Waals surface area contributed by atoms with Gasteiger partial charge in [0.2, 0.25) is 0 Å². The van der Waals surface area contributed by atoms with Crippen molar-refractivity contribution in [3.8, 4) is 16.9 Å². The third-order valence-corrected chi connectivity index (χ3v) is 2.52. The van der Waals surface area contributed by atoms with Gasteiger partial charge in [0, 0.05) is 27.9 Å². The van der Waals surface area contributed by atoms with E-state index in [1.807, 2.05) is 18.2 Å². The van der Waals surface area contributed by atoms with Gasteiger partial charge >= 0.3 is 0 Å². The maximum absolute atomic E-state index is 9.73. The van der Waals surface area contributed by atoms with Gasteiger partial charge in [-0.05, 0) is 18.2 Å². The van der Waals surface area contributed by atoms with Gasteiger partial charge in [-0.3, -0.25) is 0 Å². The van der Waals surface area contributed by atoms with Crippen molar-refractivity contribution in [2.75, 3.05) is 5.73 Å². The van der Waals surface area contributed by atoms with E-state index in [-0.39, 0.29) is 5.75 Å². The van der Waals surface area contributed by atoms with Crippen molar-refractivity contribution in [1.82, 2.24) is 0 Å². The lowest BCUT2D eigenvalue weighted by molar-refractivity contribution is 0.477. The third-order valence-electron chi connectivity index (χ3n) is 2.19. The van der Waals surface area contributed by atoms with Crippen molar-refractivity contribution < 1.29 is 5.11 Å². The molecule has 0 aromatic heterocycles. The lowest BCUT2D eigenvalue weighted by Gasteiger charge is -2.07. The van der Waals surface area contributed by atoms with Crippen LogP contribution in [0, 0.1) is 0 Å². The smallest absolute Gasteiger partial charge is 0.125 e. The molecule has 0 fully saturated rings. The van der Waals surface area contributed by atoms with Gasteiger partial charge in [0.15, 0.2) is 0 Å². The summed E-state index contributed by atoms with van der Waals surface area (Å²) in [5.41, 5.74) is 7.57. The molecular weight excluding hydrogens is 210 g/mol. The number of phenolic OH excluding ortho intramolecular Hbond substituents is 1. The molecule has 2 aromatic carbocycles. The molecule has 0 saturated heterocycles. The SMILES string of the molecule is Nc1ccc(-c2ccccc2Cl)c(O)c1. The summed E-state index contributed by atoms with van der Waals surface area (Å²) in [6.45, 7) is 0. The van der Waals surface area contributed by atoms with Crippen LogP contribution in [0.25, 0.3) is 11.1 Å². The molecule has 0 amide bonds. The van der Waals surface area contributed by atoms with Crippen molar-refractivity contribution in [2.24, 2.45) is 0 Å². The van der Waals surface area contributed by atoms with E-state index in [2.05, 4.69) is 0 Å². The number of halogens is 1. The second kappa shape index (κ2) is 3.83. The predicted octanol–water partition coefficient (Wildman–Crippen LogP) is 3.29. The molecule has 0 aliphatic rings. The molecule has 0 spiro atoms. The van der Waals surface area contributed by atoms with Crippen LogP contribution < -0.4 is 5.73 Å². The lowest BCUT2D eigenvalue weighted by atomic mass is 10.0. The Morgan fingerprint density at radius 1 is 1.00 bits per heavy atom. The topological polar surface area (TPSA) is 46.2 Å². The van der Waals surface area contributed by atoms with Crippen molar-refractivity contribution in [3.63, 3.8) is 0 Å². The fourth-order valence-corrected chi connectivity index (χ4v) is 1.69. The maximum atomic E-state index is 9.73. The molecule has 3 heteroatoms. The molecule has 2 rings (SSSR count). The summed E-state index contributed by atoms with van der Waals surface area (Å²) in [6.07, 6.45) is 0. The Morgan fingerprint density at radius 3 is 2.40 bits per heavy atom. The number of anilines is 1. The van der Waals surface area contributed by atoms with Crippen LogP contribution in [0.2, 0.25) is 5.02 Å². The Labute approximate surface area is 92.9 Å². The molecule has 76 valence electrons. The zero-order valence-electron chi connectivity index (χ0n) is 7.94. The molecule has 0 aliphatic carbocycles. The van der Waals surface area contributed by atoms with E-state index in [0.29, 0.717) is 16.3 Å². The Morgan fingerprint density at radius 2 is 1.73 bits per heavy atom. The van der Waals surface area contributed by atoms with E-state index in [9.17, 15) is 5.11 Å². The number of nitrogen functional groups attached to an aromatic ring is 1. The monoisotopic (exact) mass is 219 g/mol. The first kappa shape index (κ1) is 9.87. The number of rotatable bonds is 1. The van der Waals surface area contributed by atoms with Gasteiger partial charge in [-0.15, -0.1) is 0 Å². The summed E-state index contributed by atoms with van der Waals surface area (Å²) in [4.78, 5) is 0. The van der Waals surface area contributed by atoms with E-state index in [1.165, 1.54) is 6.07 Å². The molecule has 0 heterocycles. The van der Waals surface area contributed by atoms with Crippen molar-refractivity contribution in [1.29, 1.82) is 0 Å². The lowest BCUT2D eigenvalue weighted by Crippen LogP contribution is -1.86. The highest BCUT2D eigenvalue weighted by molar-refractivity contribution is 6.33. The molecule has 0 atom stereocenters. The molecule has 0 unspecified atom stereocenters. The van der Waals surface area contributed by atoms with Crippen LogP contribution in [0.15, 0.2) is 42.5 Å². The largest absolute Gasteiger partial charge is 0.507 e. The van der Waals surface area contributed by atoms with E-state index in [4.69, 9.17) is 17.3 Å². The molecule has 3 N–H and O–H groups in total. The number of benzene rings is 2. The zero-order valence-corrected chi connectivity index (χ0v) is 8.70. The number of aromatic hydroxyl groups is 1. The number of phenols is 1. The first-order chi connectivity index (χ1) is 7.18. The van der Waals surface area contributed by atoms with Crippen LogP contribution in [0.3, 0.4) is 0 Å². The van der Waals surface area contributed by atoms with Crippen LogP contribution in [0.1, 0.15) is 0 Å². The van der Waals surface area contributed by atoms with Gasteiger partial charge in [-0.1, -0.05) is 29.8 Å². The van der Waals surface area contributed by atoms with Crippen molar-refractivity contribution in [2.45, 2.75) is 0 Å². The average molecular weight is 220 g/mol. The third kappa shape index (κ3) is 1.90. The van der Waals surface area contributed by atoms with Gasteiger partial charge in [0.05, 0.1) is 0 Å². The summed E-state index contributed by atoms with van der Waals surface area (Å²) in [5, 5.41) is 10.3. The fourth-order valence-electron chi connectivity index (χ4n) is 1.46. The van der Waals surface area contributed by atoms with Crippen LogP contribution in [-0.4, -0.2) is 5.11 Å². The average Bonchev–Trinajstić information content (AvgIpc) is 2.20. The highest BCUT2D eigenvalue weighted by atomic mass is 35.5. The van der Waals surface area contributed by atoms with Crippen LogP contribution in [-0.2, 0) is 0 Å². The van der Waals surface area contributed by atoms with Gasteiger partial charge < -0.3 is 10.8 Å². The minimum Gasteiger partial charge on any atom is -0.507 e. The summed E-state index contributed by atoms with van der Waals surface area (Å²) >= 11 is 6.03. The minimum atomic E-state index is 0.142. The van der Waals surface area contributed by atoms with Gasteiger partial charge in [0.1, 0.15) is 5.75 Å². The quantitative estimate of drug-likeness (QED) is 0.723. The summed E-state index contributed by atoms with van der Waals surface area (Å²) in [5.74, 6) is 0.142. The second-order valence-corrected chi connectivity index (χ2v) is 3.66. The van der Waals surface area contributed by atoms with Crippen LogP contribution >= 0.6 is 11.6 Å². The van der Waals surface area contributed by atoms with E-state index >= 15 is 0 Å². The predicted molar refractivity (Wildman–Crippen MR) is 63.0 cm³/mol. The summed E-state index contributed by atoms with van der Waals surface area (Å²) in [7, 11) is 0. The normalized spacial score (nSPS) is 10.2.